The third-order valence-electron chi connectivity index (χ3n) is 2.36. The molecule has 0 aromatic heterocycles. The lowest BCUT2D eigenvalue weighted by molar-refractivity contribution is 0.0698. The Labute approximate surface area is 95.9 Å². The van der Waals surface area contributed by atoms with Gasteiger partial charge in [-0.05, 0) is 32.6 Å². The highest BCUT2D eigenvalue weighted by Crippen LogP contribution is 2.20. The fraction of sp³-hybridized carbons (Fsp3) is 0.417. The number of hydrogen-bond donors (Lipinski definition) is 2. The highest BCUT2D eigenvalue weighted by molar-refractivity contribution is 5.95. The molecule has 0 aliphatic heterocycles. The summed E-state index contributed by atoms with van der Waals surface area (Å²) in [5.41, 5.74) is 2.01. The van der Waals surface area contributed by atoms with Crippen molar-refractivity contribution in [2.24, 2.45) is 0 Å². The number of nitrogens with one attached hydrogen (secondary N) is 1. The summed E-state index contributed by atoms with van der Waals surface area (Å²) in [5, 5.41) is 12.2. The number of aryl methyl sites for hydroxylation is 1. The summed E-state index contributed by atoms with van der Waals surface area (Å²) in [6, 6.07) is 5.29. The van der Waals surface area contributed by atoms with Crippen LogP contribution in [-0.4, -0.2) is 43.2 Å². The fourth-order valence-corrected chi connectivity index (χ4v) is 1.49. The molecular formula is C12H18N2O2. The van der Waals surface area contributed by atoms with Crippen LogP contribution in [0.5, 0.6) is 0 Å². The molecule has 0 aliphatic rings. The highest BCUT2D eigenvalue weighted by atomic mass is 16.4. The summed E-state index contributed by atoms with van der Waals surface area (Å²) in [6.45, 7) is 3.51. The quantitative estimate of drug-likeness (QED) is 0.795. The van der Waals surface area contributed by atoms with Gasteiger partial charge in [0.2, 0.25) is 0 Å². The predicted octanol–water partition coefficient (Wildman–Crippen LogP) is 1.67. The fourth-order valence-electron chi connectivity index (χ4n) is 1.49. The van der Waals surface area contributed by atoms with Crippen LogP contribution in [0.15, 0.2) is 18.2 Å². The van der Waals surface area contributed by atoms with Gasteiger partial charge in [0, 0.05) is 13.1 Å². The molecule has 16 heavy (non-hydrogen) atoms. The molecule has 0 spiro atoms. The number of para-hydroxylation sites is 1. The topological polar surface area (TPSA) is 52.6 Å². The van der Waals surface area contributed by atoms with Gasteiger partial charge in [0.05, 0.1) is 11.3 Å². The second-order valence-corrected chi connectivity index (χ2v) is 4.03. The van der Waals surface area contributed by atoms with Crippen LogP contribution >= 0.6 is 0 Å². The van der Waals surface area contributed by atoms with E-state index >= 15 is 0 Å². The molecule has 2 N–H and O–H groups in total. The Bertz CT molecular complexity index is 375. The summed E-state index contributed by atoms with van der Waals surface area (Å²) in [7, 11) is 3.97. The maximum Gasteiger partial charge on any atom is 0.337 e. The van der Waals surface area contributed by atoms with Gasteiger partial charge in [-0.1, -0.05) is 12.1 Å². The number of carbonyl (C=O) groups is 1. The Morgan fingerprint density at radius 1 is 1.44 bits per heavy atom. The van der Waals surface area contributed by atoms with Crippen molar-refractivity contribution >= 4 is 11.7 Å². The van der Waals surface area contributed by atoms with Crippen molar-refractivity contribution in [3.8, 4) is 0 Å². The second kappa shape index (κ2) is 5.51. The van der Waals surface area contributed by atoms with Crippen molar-refractivity contribution in [1.29, 1.82) is 0 Å². The van der Waals surface area contributed by atoms with Gasteiger partial charge in [0.15, 0.2) is 0 Å². The first-order valence-electron chi connectivity index (χ1n) is 5.24. The van der Waals surface area contributed by atoms with Crippen molar-refractivity contribution in [3.63, 3.8) is 0 Å². The molecule has 0 fully saturated rings. The molecule has 4 heteroatoms. The maximum absolute atomic E-state index is 11.0. The summed E-state index contributed by atoms with van der Waals surface area (Å²) < 4.78 is 0. The molecule has 0 heterocycles. The van der Waals surface area contributed by atoms with Gasteiger partial charge in [0.1, 0.15) is 0 Å². The predicted molar refractivity (Wildman–Crippen MR) is 65.2 cm³/mol. The zero-order chi connectivity index (χ0) is 12.1. The van der Waals surface area contributed by atoms with E-state index in [0.29, 0.717) is 5.56 Å². The molecule has 88 valence electrons. The minimum absolute atomic E-state index is 0.332. The smallest absolute Gasteiger partial charge is 0.337 e. The molecule has 0 atom stereocenters. The van der Waals surface area contributed by atoms with E-state index in [1.165, 1.54) is 0 Å². The molecule has 0 saturated carbocycles. The number of likely N-dealkylation sites (N-methyl/N-ethyl adjacent to an activating group) is 1. The van der Waals surface area contributed by atoms with Crippen molar-refractivity contribution in [2.45, 2.75) is 6.92 Å². The first-order chi connectivity index (χ1) is 7.52. The molecule has 1 aromatic rings. The summed E-state index contributed by atoms with van der Waals surface area (Å²) in [5.74, 6) is -0.893. The first-order valence-corrected chi connectivity index (χ1v) is 5.24. The van der Waals surface area contributed by atoms with E-state index in [1.807, 2.05) is 32.0 Å². The molecule has 1 aromatic carbocycles. The Hall–Kier alpha value is -1.55. The summed E-state index contributed by atoms with van der Waals surface area (Å²) in [4.78, 5) is 13.1. The highest BCUT2D eigenvalue weighted by Gasteiger charge is 2.10. The second-order valence-electron chi connectivity index (χ2n) is 4.03. The molecule has 1 rings (SSSR count). The molecule has 0 aliphatic carbocycles. The number of benzene rings is 1. The van der Waals surface area contributed by atoms with E-state index in [2.05, 4.69) is 5.32 Å². The number of carboxylic acid groups (broad SMARTS) is 1. The van der Waals surface area contributed by atoms with Crippen LogP contribution in [0, 0.1) is 6.92 Å². The zero-order valence-corrected chi connectivity index (χ0v) is 9.95. The van der Waals surface area contributed by atoms with Gasteiger partial charge >= 0.3 is 5.97 Å². The van der Waals surface area contributed by atoms with Crippen LogP contribution in [0.2, 0.25) is 0 Å². The Morgan fingerprint density at radius 2 is 2.12 bits per heavy atom. The van der Waals surface area contributed by atoms with Crippen LogP contribution in [0.4, 0.5) is 5.69 Å². The molecule has 0 radical (unpaired) electrons. The number of carboxylic acids is 1. The van der Waals surface area contributed by atoms with Gasteiger partial charge < -0.3 is 15.3 Å². The standard InChI is InChI=1S/C12H18N2O2/c1-9-5-4-6-10(12(15)16)11(9)13-7-8-14(2)3/h4-6,13H,7-8H2,1-3H3,(H,15,16). The van der Waals surface area contributed by atoms with Gasteiger partial charge in [-0.15, -0.1) is 0 Å². The molecule has 0 amide bonds. The van der Waals surface area contributed by atoms with Gasteiger partial charge in [-0.3, -0.25) is 0 Å². The lowest BCUT2D eigenvalue weighted by Crippen LogP contribution is -2.22. The van der Waals surface area contributed by atoms with Crippen molar-refractivity contribution in [1.82, 2.24) is 4.90 Å². The van der Waals surface area contributed by atoms with E-state index < -0.39 is 5.97 Å². The van der Waals surface area contributed by atoms with Crippen LogP contribution in [-0.2, 0) is 0 Å². The maximum atomic E-state index is 11.0. The minimum atomic E-state index is -0.893. The van der Waals surface area contributed by atoms with Gasteiger partial charge in [-0.25, -0.2) is 4.79 Å². The van der Waals surface area contributed by atoms with E-state index in [9.17, 15) is 4.79 Å². The van der Waals surface area contributed by atoms with Crippen molar-refractivity contribution in [3.05, 3.63) is 29.3 Å². The van der Waals surface area contributed by atoms with Gasteiger partial charge in [-0.2, -0.15) is 0 Å². The Balaban J connectivity index is 2.80. The largest absolute Gasteiger partial charge is 0.478 e. The van der Waals surface area contributed by atoms with E-state index in [0.717, 1.165) is 24.3 Å². The number of aromatic carboxylic acids is 1. The van der Waals surface area contributed by atoms with Crippen molar-refractivity contribution < 1.29 is 9.90 Å². The minimum Gasteiger partial charge on any atom is -0.478 e. The van der Waals surface area contributed by atoms with Gasteiger partial charge in [0.25, 0.3) is 0 Å². The molecule has 0 unspecified atom stereocenters. The van der Waals surface area contributed by atoms with E-state index in [-0.39, 0.29) is 0 Å². The third-order valence-corrected chi connectivity index (χ3v) is 2.36. The SMILES string of the molecule is Cc1cccc(C(=O)O)c1NCCN(C)C. The normalized spacial score (nSPS) is 10.5. The molecular weight excluding hydrogens is 204 g/mol. The van der Waals surface area contributed by atoms with Crippen LogP contribution in [0.25, 0.3) is 0 Å². The summed E-state index contributed by atoms with van der Waals surface area (Å²) >= 11 is 0. The summed E-state index contributed by atoms with van der Waals surface area (Å²) in [6.07, 6.45) is 0. The van der Waals surface area contributed by atoms with Crippen molar-refractivity contribution in [2.75, 3.05) is 32.5 Å². The number of hydrogen-bond acceptors (Lipinski definition) is 3. The van der Waals surface area contributed by atoms with Crippen LogP contribution in [0.1, 0.15) is 15.9 Å². The third kappa shape index (κ3) is 3.24. The number of nitrogens with zero attached hydrogens (tertiary/aromatic N) is 1. The Kier molecular flexibility index (Phi) is 4.31. The average molecular weight is 222 g/mol. The monoisotopic (exact) mass is 222 g/mol. The molecule has 4 nitrogen and oxygen atoms in total. The van der Waals surface area contributed by atoms with E-state index in [4.69, 9.17) is 5.11 Å². The zero-order valence-electron chi connectivity index (χ0n) is 9.95. The van der Waals surface area contributed by atoms with Crippen LogP contribution in [0.3, 0.4) is 0 Å². The number of anilines is 1. The van der Waals surface area contributed by atoms with Crippen LogP contribution < -0.4 is 5.32 Å². The molecule has 0 saturated heterocycles. The Morgan fingerprint density at radius 3 is 2.69 bits per heavy atom. The van der Waals surface area contributed by atoms with E-state index in [1.54, 1.807) is 12.1 Å². The first kappa shape index (κ1) is 12.5. The average Bonchev–Trinajstić information content (AvgIpc) is 2.19. The molecule has 0 bridgehead atoms. The lowest BCUT2D eigenvalue weighted by Gasteiger charge is -2.14. The lowest BCUT2D eigenvalue weighted by atomic mass is 10.1. The number of rotatable bonds is 5.